The summed E-state index contributed by atoms with van der Waals surface area (Å²) >= 11 is 0. The van der Waals surface area contributed by atoms with Crippen LogP contribution in [-0.4, -0.2) is 47.6 Å². The van der Waals surface area contributed by atoms with Gasteiger partial charge in [-0.3, -0.25) is 9.69 Å². The van der Waals surface area contributed by atoms with Crippen LogP contribution in [0.3, 0.4) is 0 Å². The number of nitrogens with one attached hydrogen (secondary N) is 2. The Balaban J connectivity index is 1.91. The molecule has 0 radical (unpaired) electrons. The molecule has 2 rings (SSSR count). The maximum Gasteiger partial charge on any atom is 0.234 e. The van der Waals surface area contributed by atoms with E-state index < -0.39 is 0 Å². The standard InChI is InChI=1S/C16H31N3O/c1-5-8-19(11-15(20)18-16(2,3)4)14-9-12-6-7-13(10-14)17-12/h12-14,17H,5-11H2,1-4H3,(H,18,20). The molecule has 4 heteroatoms. The van der Waals surface area contributed by atoms with Crippen LogP contribution in [0.5, 0.6) is 0 Å². The quantitative estimate of drug-likeness (QED) is 0.809. The molecule has 2 fully saturated rings. The van der Waals surface area contributed by atoms with Crippen molar-refractivity contribution in [3.63, 3.8) is 0 Å². The van der Waals surface area contributed by atoms with E-state index in [0.717, 1.165) is 13.0 Å². The van der Waals surface area contributed by atoms with Crippen LogP contribution in [0.4, 0.5) is 0 Å². The molecular formula is C16H31N3O. The predicted molar refractivity (Wildman–Crippen MR) is 82.7 cm³/mol. The Kier molecular flexibility index (Phi) is 5.08. The number of hydrogen-bond acceptors (Lipinski definition) is 3. The monoisotopic (exact) mass is 281 g/mol. The van der Waals surface area contributed by atoms with Gasteiger partial charge < -0.3 is 10.6 Å². The van der Waals surface area contributed by atoms with Crippen molar-refractivity contribution in [3.8, 4) is 0 Å². The summed E-state index contributed by atoms with van der Waals surface area (Å²) in [4.78, 5) is 14.6. The van der Waals surface area contributed by atoms with Crippen LogP contribution in [0.15, 0.2) is 0 Å². The lowest BCUT2D eigenvalue weighted by Gasteiger charge is -2.37. The third kappa shape index (κ3) is 4.45. The van der Waals surface area contributed by atoms with Crippen molar-refractivity contribution in [2.24, 2.45) is 0 Å². The first-order valence-corrected chi connectivity index (χ1v) is 8.18. The predicted octanol–water partition coefficient (Wildman–Crippen LogP) is 1.90. The average molecular weight is 281 g/mol. The second-order valence-electron chi connectivity index (χ2n) is 7.53. The molecule has 2 saturated heterocycles. The second-order valence-corrected chi connectivity index (χ2v) is 7.53. The Hall–Kier alpha value is -0.610. The van der Waals surface area contributed by atoms with E-state index >= 15 is 0 Å². The molecule has 116 valence electrons. The summed E-state index contributed by atoms with van der Waals surface area (Å²) < 4.78 is 0. The highest BCUT2D eigenvalue weighted by Crippen LogP contribution is 2.29. The molecule has 2 unspecified atom stereocenters. The lowest BCUT2D eigenvalue weighted by atomic mass is 9.98. The van der Waals surface area contributed by atoms with Gasteiger partial charge in [-0.25, -0.2) is 0 Å². The number of carbonyl (C=O) groups excluding carboxylic acids is 1. The number of nitrogens with zero attached hydrogens (tertiary/aromatic N) is 1. The molecule has 2 N–H and O–H groups in total. The lowest BCUT2D eigenvalue weighted by Crippen LogP contribution is -2.52. The molecule has 0 saturated carbocycles. The minimum Gasteiger partial charge on any atom is -0.350 e. The third-order valence-electron chi connectivity index (χ3n) is 4.34. The largest absolute Gasteiger partial charge is 0.350 e. The van der Waals surface area contributed by atoms with E-state index in [1.807, 2.05) is 20.8 Å². The molecule has 0 aliphatic carbocycles. The van der Waals surface area contributed by atoms with Gasteiger partial charge in [0.05, 0.1) is 6.54 Å². The molecule has 0 aromatic heterocycles. The van der Waals surface area contributed by atoms with Gasteiger partial charge in [-0.15, -0.1) is 0 Å². The molecule has 0 aromatic carbocycles. The number of carbonyl (C=O) groups is 1. The zero-order chi connectivity index (χ0) is 14.8. The Morgan fingerprint density at radius 2 is 1.85 bits per heavy atom. The molecule has 2 bridgehead atoms. The fraction of sp³-hybridized carbons (Fsp3) is 0.938. The molecule has 20 heavy (non-hydrogen) atoms. The van der Waals surface area contributed by atoms with Crippen molar-refractivity contribution in [1.82, 2.24) is 15.5 Å². The number of rotatable bonds is 5. The Morgan fingerprint density at radius 3 is 2.35 bits per heavy atom. The van der Waals surface area contributed by atoms with Crippen LogP contribution in [0.25, 0.3) is 0 Å². The second kappa shape index (κ2) is 6.44. The first kappa shape index (κ1) is 15.8. The van der Waals surface area contributed by atoms with E-state index in [1.54, 1.807) is 0 Å². The van der Waals surface area contributed by atoms with Crippen molar-refractivity contribution in [3.05, 3.63) is 0 Å². The van der Waals surface area contributed by atoms with Crippen LogP contribution in [0, 0.1) is 0 Å². The summed E-state index contributed by atoms with van der Waals surface area (Å²) in [5.41, 5.74) is -0.137. The summed E-state index contributed by atoms with van der Waals surface area (Å²) in [6.45, 7) is 9.90. The maximum absolute atomic E-state index is 12.2. The van der Waals surface area contributed by atoms with Crippen LogP contribution in [-0.2, 0) is 4.79 Å². The van der Waals surface area contributed by atoms with Crippen LogP contribution in [0.2, 0.25) is 0 Å². The van der Waals surface area contributed by atoms with Crippen molar-refractivity contribution < 1.29 is 4.79 Å². The highest BCUT2D eigenvalue weighted by Gasteiger charge is 2.36. The van der Waals surface area contributed by atoms with E-state index in [-0.39, 0.29) is 11.4 Å². The summed E-state index contributed by atoms with van der Waals surface area (Å²) in [5, 5.41) is 6.77. The molecule has 0 spiro atoms. The SMILES string of the molecule is CCCN(CC(=O)NC(C)(C)C)C1CC2CCC(C1)N2. The van der Waals surface area contributed by atoms with Gasteiger partial charge in [-0.1, -0.05) is 6.92 Å². The average Bonchev–Trinajstić information content (AvgIpc) is 2.65. The van der Waals surface area contributed by atoms with Crippen LogP contribution in [0.1, 0.15) is 59.8 Å². The molecule has 2 aliphatic heterocycles. The van der Waals surface area contributed by atoms with E-state index in [9.17, 15) is 4.79 Å². The molecular weight excluding hydrogens is 250 g/mol. The Morgan fingerprint density at radius 1 is 1.25 bits per heavy atom. The summed E-state index contributed by atoms with van der Waals surface area (Å²) in [6, 6.07) is 1.95. The van der Waals surface area contributed by atoms with Gasteiger partial charge in [0.2, 0.25) is 5.91 Å². The van der Waals surface area contributed by atoms with E-state index in [1.165, 1.54) is 25.7 Å². The van der Waals surface area contributed by atoms with Gasteiger partial charge in [0.1, 0.15) is 0 Å². The number of fused-ring (bicyclic) bond motifs is 2. The minimum atomic E-state index is -0.137. The first-order chi connectivity index (χ1) is 9.37. The van der Waals surface area contributed by atoms with Crippen molar-refractivity contribution in [2.45, 2.75) is 83.5 Å². The van der Waals surface area contributed by atoms with Gasteiger partial charge in [0.15, 0.2) is 0 Å². The van der Waals surface area contributed by atoms with E-state index in [2.05, 4.69) is 22.5 Å². The Bertz CT molecular complexity index is 325. The summed E-state index contributed by atoms with van der Waals surface area (Å²) in [5.74, 6) is 0.164. The fourth-order valence-electron chi connectivity index (χ4n) is 3.65. The Labute approximate surface area is 123 Å². The van der Waals surface area contributed by atoms with Gasteiger partial charge >= 0.3 is 0 Å². The van der Waals surface area contributed by atoms with Gasteiger partial charge in [-0.05, 0) is 59.4 Å². The number of amides is 1. The molecule has 0 aromatic rings. The third-order valence-corrected chi connectivity index (χ3v) is 4.34. The highest BCUT2D eigenvalue weighted by atomic mass is 16.2. The summed E-state index contributed by atoms with van der Waals surface area (Å²) in [7, 11) is 0. The normalized spacial score (nSPS) is 29.8. The molecule has 1 amide bonds. The van der Waals surface area contributed by atoms with Crippen molar-refractivity contribution in [2.75, 3.05) is 13.1 Å². The van der Waals surface area contributed by atoms with Gasteiger partial charge in [0.25, 0.3) is 0 Å². The zero-order valence-electron chi connectivity index (χ0n) is 13.5. The number of piperidine rings is 1. The van der Waals surface area contributed by atoms with Crippen molar-refractivity contribution in [1.29, 1.82) is 0 Å². The van der Waals surface area contributed by atoms with Gasteiger partial charge in [0, 0.05) is 23.7 Å². The molecule has 2 heterocycles. The zero-order valence-corrected chi connectivity index (χ0v) is 13.5. The smallest absolute Gasteiger partial charge is 0.234 e. The van der Waals surface area contributed by atoms with Gasteiger partial charge in [-0.2, -0.15) is 0 Å². The number of hydrogen-bond donors (Lipinski definition) is 2. The molecule has 2 atom stereocenters. The summed E-state index contributed by atoms with van der Waals surface area (Å²) in [6.07, 6.45) is 6.16. The minimum absolute atomic E-state index is 0.137. The first-order valence-electron chi connectivity index (χ1n) is 8.18. The maximum atomic E-state index is 12.2. The lowest BCUT2D eigenvalue weighted by molar-refractivity contribution is -0.124. The fourth-order valence-corrected chi connectivity index (χ4v) is 3.65. The van der Waals surface area contributed by atoms with E-state index in [0.29, 0.717) is 24.7 Å². The molecule has 2 aliphatic rings. The topological polar surface area (TPSA) is 44.4 Å². The van der Waals surface area contributed by atoms with Crippen LogP contribution >= 0.6 is 0 Å². The van der Waals surface area contributed by atoms with E-state index in [4.69, 9.17) is 0 Å². The highest BCUT2D eigenvalue weighted by molar-refractivity contribution is 5.78. The molecule has 4 nitrogen and oxygen atoms in total. The van der Waals surface area contributed by atoms with Crippen LogP contribution < -0.4 is 10.6 Å². The van der Waals surface area contributed by atoms with Crippen molar-refractivity contribution >= 4 is 5.91 Å².